The zero-order chi connectivity index (χ0) is 13.4. The molecule has 0 radical (unpaired) electrons. The Morgan fingerprint density at radius 2 is 2.00 bits per heavy atom. The first kappa shape index (κ1) is 11.9. The van der Waals surface area contributed by atoms with Crippen LogP contribution in [0.5, 0.6) is 0 Å². The van der Waals surface area contributed by atoms with Crippen molar-refractivity contribution in [2.24, 2.45) is 14.1 Å². The van der Waals surface area contributed by atoms with Crippen molar-refractivity contribution in [2.75, 3.05) is 0 Å². The van der Waals surface area contributed by atoms with Crippen LogP contribution in [0.1, 0.15) is 10.6 Å². The fraction of sp³-hybridized carbons (Fsp3) is 0.273. The maximum Gasteiger partial charge on any atom is 0.332 e. The molecule has 2 heterocycles. The Morgan fingerprint density at radius 3 is 2.56 bits per heavy atom. The zero-order valence-corrected chi connectivity index (χ0v) is 9.88. The summed E-state index contributed by atoms with van der Waals surface area (Å²) < 4.78 is 3.48. The summed E-state index contributed by atoms with van der Waals surface area (Å²) in [6.45, 7) is 0.0397. The molecule has 0 spiro atoms. The molecule has 0 fully saturated rings. The number of aryl methyl sites for hydroxylation is 1. The van der Waals surface area contributed by atoms with Crippen molar-refractivity contribution in [3.8, 4) is 12.3 Å². The van der Waals surface area contributed by atoms with Crippen LogP contribution in [0.25, 0.3) is 11.2 Å². The largest absolute Gasteiger partial charge is 0.332 e. The minimum atomic E-state index is -0.524. The predicted octanol–water partition coefficient (Wildman–Crippen LogP) is -1.12. The number of carbonyl (C=O) groups excluding carboxylic acids is 1. The Labute approximate surface area is 101 Å². The summed E-state index contributed by atoms with van der Waals surface area (Å²) in [5.41, 5.74) is -0.723. The van der Waals surface area contributed by atoms with Gasteiger partial charge in [0, 0.05) is 14.1 Å². The van der Waals surface area contributed by atoms with Gasteiger partial charge in [0.1, 0.15) is 0 Å². The van der Waals surface area contributed by atoms with E-state index in [9.17, 15) is 14.4 Å². The van der Waals surface area contributed by atoms with Crippen LogP contribution in [-0.4, -0.2) is 25.0 Å². The molecule has 0 aliphatic carbocycles. The molecule has 18 heavy (non-hydrogen) atoms. The molecule has 0 saturated carbocycles. The SMILES string of the molecule is C#CCn1c(C=O)nc2c1c(=O)n(C)c(=O)n2C. The Balaban J connectivity index is 3.11. The van der Waals surface area contributed by atoms with E-state index in [1.165, 1.54) is 23.2 Å². The molecule has 0 aliphatic rings. The summed E-state index contributed by atoms with van der Waals surface area (Å²) in [6, 6.07) is 0. The van der Waals surface area contributed by atoms with E-state index in [-0.39, 0.29) is 23.5 Å². The highest BCUT2D eigenvalue weighted by molar-refractivity contribution is 5.80. The normalized spacial score (nSPS) is 10.5. The van der Waals surface area contributed by atoms with Crippen LogP contribution >= 0.6 is 0 Å². The first-order chi connectivity index (χ1) is 8.52. The van der Waals surface area contributed by atoms with Crippen LogP contribution in [0, 0.1) is 12.3 Å². The van der Waals surface area contributed by atoms with Crippen molar-refractivity contribution in [3.63, 3.8) is 0 Å². The smallest absolute Gasteiger partial charge is 0.304 e. The number of terminal acetylenes is 1. The summed E-state index contributed by atoms with van der Waals surface area (Å²) >= 11 is 0. The lowest BCUT2D eigenvalue weighted by Crippen LogP contribution is -2.37. The summed E-state index contributed by atoms with van der Waals surface area (Å²) in [5.74, 6) is 2.38. The molecule has 0 unspecified atom stereocenters. The Morgan fingerprint density at radius 1 is 1.33 bits per heavy atom. The van der Waals surface area contributed by atoms with Crippen LogP contribution in [0.3, 0.4) is 0 Å². The minimum Gasteiger partial charge on any atom is -0.304 e. The molecule has 7 nitrogen and oxygen atoms in total. The maximum absolute atomic E-state index is 12.0. The lowest BCUT2D eigenvalue weighted by Gasteiger charge is -2.04. The van der Waals surface area contributed by atoms with Crippen molar-refractivity contribution in [1.29, 1.82) is 0 Å². The number of hydrogen-bond acceptors (Lipinski definition) is 4. The van der Waals surface area contributed by atoms with Crippen LogP contribution < -0.4 is 11.2 Å². The van der Waals surface area contributed by atoms with Gasteiger partial charge in [-0.05, 0) is 0 Å². The van der Waals surface area contributed by atoms with Crippen molar-refractivity contribution in [3.05, 3.63) is 26.7 Å². The lowest BCUT2D eigenvalue weighted by molar-refractivity contribution is 0.111. The van der Waals surface area contributed by atoms with Gasteiger partial charge in [0.25, 0.3) is 5.56 Å². The van der Waals surface area contributed by atoms with E-state index >= 15 is 0 Å². The molecular formula is C11H10N4O3. The highest BCUT2D eigenvalue weighted by Crippen LogP contribution is 2.08. The van der Waals surface area contributed by atoms with Gasteiger partial charge < -0.3 is 4.57 Å². The van der Waals surface area contributed by atoms with E-state index in [0.29, 0.717) is 6.29 Å². The van der Waals surface area contributed by atoms with Crippen LogP contribution in [0.2, 0.25) is 0 Å². The number of fused-ring (bicyclic) bond motifs is 1. The van der Waals surface area contributed by atoms with Gasteiger partial charge in [-0.3, -0.25) is 18.7 Å². The molecule has 2 aromatic heterocycles. The van der Waals surface area contributed by atoms with Crippen LogP contribution in [0.15, 0.2) is 9.59 Å². The van der Waals surface area contributed by atoms with E-state index in [4.69, 9.17) is 6.42 Å². The van der Waals surface area contributed by atoms with E-state index < -0.39 is 11.2 Å². The fourth-order valence-electron chi connectivity index (χ4n) is 1.80. The maximum atomic E-state index is 12.0. The Hall–Kier alpha value is -2.62. The van der Waals surface area contributed by atoms with Crippen LogP contribution in [-0.2, 0) is 20.6 Å². The molecule has 0 atom stereocenters. The molecule has 0 bridgehead atoms. The third-order valence-electron chi connectivity index (χ3n) is 2.73. The monoisotopic (exact) mass is 246 g/mol. The zero-order valence-electron chi connectivity index (χ0n) is 9.88. The minimum absolute atomic E-state index is 0.0289. The molecule has 2 rings (SSSR count). The first-order valence-corrected chi connectivity index (χ1v) is 5.07. The predicted molar refractivity (Wildman–Crippen MR) is 64.4 cm³/mol. The Kier molecular flexibility index (Phi) is 2.63. The number of aldehydes is 1. The molecule has 0 aromatic carbocycles. The van der Waals surface area contributed by atoms with E-state index in [0.717, 1.165) is 4.57 Å². The summed E-state index contributed by atoms with van der Waals surface area (Å²) in [4.78, 5) is 38.6. The average Bonchev–Trinajstić information content (AvgIpc) is 2.73. The highest BCUT2D eigenvalue weighted by atomic mass is 16.2. The quantitative estimate of drug-likeness (QED) is 0.496. The number of aromatic nitrogens is 4. The topological polar surface area (TPSA) is 78.9 Å². The van der Waals surface area contributed by atoms with Crippen molar-refractivity contribution in [1.82, 2.24) is 18.7 Å². The van der Waals surface area contributed by atoms with Gasteiger partial charge in [0.15, 0.2) is 23.3 Å². The summed E-state index contributed by atoms with van der Waals surface area (Å²) in [6.07, 6.45) is 5.70. The molecule has 0 amide bonds. The molecule has 7 heteroatoms. The van der Waals surface area contributed by atoms with Gasteiger partial charge in [-0.2, -0.15) is 0 Å². The van der Waals surface area contributed by atoms with Gasteiger partial charge in [0.05, 0.1) is 6.54 Å². The lowest BCUT2D eigenvalue weighted by atomic mass is 10.5. The second kappa shape index (κ2) is 4.00. The average molecular weight is 246 g/mol. The summed E-state index contributed by atoms with van der Waals surface area (Å²) in [5, 5.41) is 0. The van der Waals surface area contributed by atoms with E-state index in [1.54, 1.807) is 0 Å². The second-order valence-electron chi connectivity index (χ2n) is 3.76. The molecule has 0 aliphatic heterocycles. The molecule has 0 saturated heterocycles. The van der Waals surface area contributed by atoms with Crippen molar-refractivity contribution < 1.29 is 4.79 Å². The highest BCUT2D eigenvalue weighted by Gasteiger charge is 2.17. The van der Waals surface area contributed by atoms with Crippen molar-refractivity contribution >= 4 is 17.5 Å². The van der Waals surface area contributed by atoms with Gasteiger partial charge >= 0.3 is 5.69 Å². The second-order valence-corrected chi connectivity index (χ2v) is 3.76. The third-order valence-corrected chi connectivity index (χ3v) is 2.73. The molecule has 92 valence electrons. The van der Waals surface area contributed by atoms with Crippen molar-refractivity contribution in [2.45, 2.75) is 6.54 Å². The molecule has 2 aromatic rings. The number of hydrogen-bond donors (Lipinski definition) is 0. The third kappa shape index (κ3) is 1.39. The van der Waals surface area contributed by atoms with Gasteiger partial charge in [-0.1, -0.05) is 5.92 Å². The number of imidazole rings is 1. The number of rotatable bonds is 2. The van der Waals surface area contributed by atoms with Crippen LogP contribution in [0.4, 0.5) is 0 Å². The summed E-state index contributed by atoms with van der Waals surface area (Å²) in [7, 11) is 2.84. The fourth-order valence-corrected chi connectivity index (χ4v) is 1.80. The number of nitrogens with zero attached hydrogens (tertiary/aromatic N) is 4. The van der Waals surface area contributed by atoms with Gasteiger partial charge in [-0.25, -0.2) is 9.78 Å². The van der Waals surface area contributed by atoms with E-state index in [1.807, 2.05) is 0 Å². The first-order valence-electron chi connectivity index (χ1n) is 5.07. The Bertz CT molecular complexity index is 801. The number of carbonyl (C=O) groups is 1. The van der Waals surface area contributed by atoms with E-state index in [2.05, 4.69) is 10.9 Å². The molecule has 0 N–H and O–H groups in total. The standard InChI is InChI=1S/C11H10N4O3/c1-4-5-15-7(6-16)12-9-8(15)10(17)14(3)11(18)13(9)2/h1,6H,5H2,2-3H3. The van der Waals surface area contributed by atoms with Gasteiger partial charge in [-0.15, -0.1) is 6.42 Å². The molecular weight excluding hydrogens is 236 g/mol. The van der Waals surface area contributed by atoms with Gasteiger partial charge in [0.2, 0.25) is 0 Å².